The van der Waals surface area contributed by atoms with E-state index in [4.69, 9.17) is 19.3 Å². The van der Waals surface area contributed by atoms with Gasteiger partial charge in [0.15, 0.2) is 6.10 Å². The van der Waals surface area contributed by atoms with Gasteiger partial charge in [-0.15, -0.1) is 0 Å². The number of ether oxygens (including phenoxy) is 2. The second-order valence-electron chi connectivity index (χ2n) is 13.1. The van der Waals surface area contributed by atoms with Crippen LogP contribution in [-0.4, -0.2) is 52.3 Å². The summed E-state index contributed by atoms with van der Waals surface area (Å²) < 4.78 is 26.2. The molecule has 0 saturated heterocycles. The zero-order chi connectivity index (χ0) is 39.1. The van der Waals surface area contributed by atoms with Gasteiger partial charge in [-0.3, -0.25) is 14.1 Å². The van der Waals surface area contributed by atoms with E-state index in [1.54, 1.807) is 12.2 Å². The molecule has 0 rings (SSSR count). The molecule has 0 aliphatic heterocycles. The topological polar surface area (TPSA) is 140 Å². The average Bonchev–Trinajstić information content (AvgIpc) is 3.12. The van der Waals surface area contributed by atoms with Crippen molar-refractivity contribution < 1.29 is 43.0 Å². The summed E-state index contributed by atoms with van der Waals surface area (Å²) in [7, 11) is -4.82. The van der Waals surface area contributed by atoms with E-state index in [2.05, 4.69) is 79.1 Å². The van der Waals surface area contributed by atoms with Crippen molar-refractivity contribution in [1.82, 2.24) is 0 Å². The summed E-state index contributed by atoms with van der Waals surface area (Å²) in [5.41, 5.74) is 0. The number of phosphoric ester groups is 1. The first-order valence-electron chi connectivity index (χ1n) is 20.0. The van der Waals surface area contributed by atoms with Gasteiger partial charge in [-0.05, 0) is 83.5 Å². The molecular weight excluding hydrogens is 691 g/mol. The number of hydrogen-bond acceptors (Lipinski definition) is 7. The monoisotopic (exact) mass is 762 g/mol. The van der Waals surface area contributed by atoms with E-state index in [-0.39, 0.29) is 19.4 Å². The van der Waals surface area contributed by atoms with Crippen molar-refractivity contribution in [3.8, 4) is 0 Å². The molecule has 302 valence electrons. The molecule has 3 N–H and O–H groups in total. The molecule has 53 heavy (non-hydrogen) atoms. The van der Waals surface area contributed by atoms with Crippen molar-refractivity contribution >= 4 is 19.8 Å². The van der Waals surface area contributed by atoms with Crippen molar-refractivity contribution in [2.45, 2.75) is 161 Å². The van der Waals surface area contributed by atoms with Gasteiger partial charge < -0.3 is 24.4 Å². The van der Waals surface area contributed by atoms with Crippen LogP contribution in [0.4, 0.5) is 0 Å². The SMILES string of the molecule is CCCCC/C=C\C/C=C\C/C=C\C=C\[C@H](O)CCCC(=O)O[C@H](COC(=O)CCCCCC/C=C\C/C=C\C/C=C\CCCCC)COP(=O)(O)O. The predicted molar refractivity (Wildman–Crippen MR) is 217 cm³/mol. The number of phosphoric acid groups is 1. The molecular formula is C43H71O9P. The van der Waals surface area contributed by atoms with Gasteiger partial charge in [0, 0.05) is 12.8 Å². The fourth-order valence-electron chi connectivity index (χ4n) is 4.95. The molecule has 0 aromatic rings. The highest BCUT2D eigenvalue weighted by atomic mass is 31.2. The number of hydrogen-bond donors (Lipinski definition) is 3. The first kappa shape index (κ1) is 50.2. The molecule has 10 heteroatoms. The highest BCUT2D eigenvalue weighted by Gasteiger charge is 2.23. The number of allylic oxidation sites excluding steroid dienone is 13. The van der Waals surface area contributed by atoms with Crippen molar-refractivity contribution in [3.05, 3.63) is 85.1 Å². The Morgan fingerprint density at radius 1 is 0.585 bits per heavy atom. The van der Waals surface area contributed by atoms with E-state index < -0.39 is 38.6 Å². The van der Waals surface area contributed by atoms with Crippen LogP contribution in [0.25, 0.3) is 0 Å². The van der Waals surface area contributed by atoms with E-state index in [9.17, 15) is 19.3 Å². The Morgan fingerprint density at radius 2 is 1.08 bits per heavy atom. The van der Waals surface area contributed by atoms with Crippen molar-refractivity contribution in [3.63, 3.8) is 0 Å². The van der Waals surface area contributed by atoms with Gasteiger partial charge in [-0.25, -0.2) is 4.57 Å². The molecule has 0 saturated carbocycles. The zero-order valence-electron chi connectivity index (χ0n) is 32.7. The number of aliphatic hydroxyl groups is 1. The third-order valence-corrected chi connectivity index (χ3v) is 8.48. The van der Waals surface area contributed by atoms with Crippen LogP contribution in [0, 0.1) is 0 Å². The summed E-state index contributed by atoms with van der Waals surface area (Å²) in [6.45, 7) is 3.43. The minimum Gasteiger partial charge on any atom is -0.462 e. The Balaban J connectivity index is 4.21. The fourth-order valence-corrected chi connectivity index (χ4v) is 5.31. The average molecular weight is 763 g/mol. The first-order valence-corrected chi connectivity index (χ1v) is 21.5. The van der Waals surface area contributed by atoms with E-state index >= 15 is 0 Å². The van der Waals surface area contributed by atoms with Crippen LogP contribution in [0.2, 0.25) is 0 Å². The fraction of sp³-hybridized carbons (Fsp3) is 0.628. The number of rotatable bonds is 35. The Bertz CT molecular complexity index is 1150. The number of unbranched alkanes of at least 4 members (excludes halogenated alkanes) is 10. The standard InChI is InChI=1S/C43H71O9P/c1-3-5-7-9-11-13-15-17-18-19-20-22-24-26-28-30-32-36-42(45)50-38-41(39-51-53(47,48)49)52-43(46)37-33-35-40(44)34-31-29-27-25-23-21-16-14-12-10-8-6-4-2/h11-14,17-18,20-23,27,29,31,34,40-41,44H,3-10,15-16,19,24-26,28,30,32-33,35-39H2,1-2H3,(H2,47,48,49)/b13-11-,14-12-,18-17-,22-20-,23-21-,29-27-,34-31+/t40-,41+/m0/s1. The van der Waals surface area contributed by atoms with Crippen LogP contribution < -0.4 is 0 Å². The van der Waals surface area contributed by atoms with Crippen molar-refractivity contribution in [2.75, 3.05) is 13.2 Å². The van der Waals surface area contributed by atoms with Crippen LogP contribution in [-0.2, 0) is 28.2 Å². The molecule has 0 spiro atoms. The third-order valence-electron chi connectivity index (χ3n) is 7.99. The minimum absolute atomic E-state index is 0.0261. The summed E-state index contributed by atoms with van der Waals surface area (Å²) in [5.74, 6) is -1.12. The maximum Gasteiger partial charge on any atom is 0.469 e. The molecule has 9 nitrogen and oxygen atoms in total. The molecule has 0 fully saturated rings. The van der Waals surface area contributed by atoms with Crippen LogP contribution in [0.5, 0.6) is 0 Å². The van der Waals surface area contributed by atoms with E-state index in [1.165, 1.54) is 44.9 Å². The quantitative estimate of drug-likeness (QED) is 0.0189. The van der Waals surface area contributed by atoms with Crippen molar-refractivity contribution in [1.29, 1.82) is 0 Å². The van der Waals surface area contributed by atoms with Crippen molar-refractivity contribution in [2.24, 2.45) is 0 Å². The van der Waals surface area contributed by atoms with Gasteiger partial charge in [0.2, 0.25) is 0 Å². The van der Waals surface area contributed by atoms with Gasteiger partial charge >= 0.3 is 19.8 Å². The zero-order valence-corrected chi connectivity index (χ0v) is 33.6. The smallest absolute Gasteiger partial charge is 0.462 e. The van der Waals surface area contributed by atoms with Gasteiger partial charge in [-0.2, -0.15) is 0 Å². The first-order chi connectivity index (χ1) is 25.7. The predicted octanol–water partition coefficient (Wildman–Crippen LogP) is 11.0. The van der Waals surface area contributed by atoms with Crippen LogP contribution >= 0.6 is 7.82 Å². The summed E-state index contributed by atoms with van der Waals surface area (Å²) in [5, 5.41) is 10.2. The largest absolute Gasteiger partial charge is 0.469 e. The Morgan fingerprint density at radius 3 is 1.62 bits per heavy atom. The van der Waals surface area contributed by atoms with Gasteiger partial charge in [-0.1, -0.05) is 137 Å². The molecule has 0 unspecified atom stereocenters. The Kier molecular flexibility index (Phi) is 35.5. The van der Waals surface area contributed by atoms with Gasteiger partial charge in [0.1, 0.15) is 6.61 Å². The molecule has 2 atom stereocenters. The second-order valence-corrected chi connectivity index (χ2v) is 14.3. The molecule has 0 heterocycles. The van der Waals surface area contributed by atoms with E-state index in [1.807, 2.05) is 12.2 Å². The maximum atomic E-state index is 12.4. The molecule has 0 radical (unpaired) electrons. The Labute approximate surface area is 321 Å². The highest BCUT2D eigenvalue weighted by molar-refractivity contribution is 7.46. The van der Waals surface area contributed by atoms with Gasteiger partial charge in [0.25, 0.3) is 0 Å². The van der Waals surface area contributed by atoms with Crippen LogP contribution in [0.3, 0.4) is 0 Å². The number of carbonyl (C=O) groups is 2. The summed E-state index contributed by atoms with van der Waals surface area (Å²) >= 11 is 0. The number of carbonyl (C=O) groups excluding carboxylic acids is 2. The highest BCUT2D eigenvalue weighted by Crippen LogP contribution is 2.36. The summed E-state index contributed by atoms with van der Waals surface area (Å²) in [6.07, 6.45) is 46.1. The molecule has 0 bridgehead atoms. The normalized spacial score (nSPS) is 14.0. The molecule has 0 aliphatic rings. The van der Waals surface area contributed by atoms with Crippen LogP contribution in [0.15, 0.2) is 85.1 Å². The van der Waals surface area contributed by atoms with Crippen LogP contribution in [0.1, 0.15) is 149 Å². The molecule has 0 amide bonds. The van der Waals surface area contributed by atoms with E-state index in [0.29, 0.717) is 19.3 Å². The summed E-state index contributed by atoms with van der Waals surface area (Å²) in [4.78, 5) is 42.8. The third kappa shape index (κ3) is 40.2. The number of aliphatic hydroxyl groups excluding tert-OH is 1. The lowest BCUT2D eigenvalue weighted by atomic mass is 10.1. The molecule has 0 aromatic carbocycles. The lowest BCUT2D eigenvalue weighted by Gasteiger charge is -2.18. The molecule has 0 aliphatic carbocycles. The maximum absolute atomic E-state index is 12.4. The van der Waals surface area contributed by atoms with Gasteiger partial charge in [0.05, 0.1) is 12.7 Å². The lowest BCUT2D eigenvalue weighted by Crippen LogP contribution is -2.29. The molecule has 0 aromatic heterocycles. The summed E-state index contributed by atoms with van der Waals surface area (Å²) in [6, 6.07) is 0. The van der Waals surface area contributed by atoms with E-state index in [0.717, 1.165) is 57.8 Å². The minimum atomic E-state index is -4.82. The Hall–Kier alpha value is -2.81. The second kappa shape index (κ2) is 37.5. The number of esters is 2. The lowest BCUT2D eigenvalue weighted by molar-refractivity contribution is -0.161.